The number of nitrogens with one attached hydrogen (secondary N) is 1. The van der Waals surface area contributed by atoms with Crippen molar-refractivity contribution in [2.75, 3.05) is 36.4 Å². The fraction of sp³-hybridized carbons (Fsp3) is 0.308. The van der Waals surface area contributed by atoms with Gasteiger partial charge in [-0.15, -0.1) is 0 Å². The number of anilines is 3. The highest BCUT2D eigenvalue weighted by Gasteiger charge is 2.16. The van der Waals surface area contributed by atoms with Crippen LogP contribution in [0.3, 0.4) is 0 Å². The summed E-state index contributed by atoms with van der Waals surface area (Å²) in [6.07, 6.45) is 4.13. The molecule has 0 aliphatic carbocycles. The minimum absolute atomic E-state index is 0.214. The van der Waals surface area contributed by atoms with Crippen LogP contribution in [0.2, 0.25) is 0 Å². The molecule has 2 heterocycles. The Morgan fingerprint density at radius 2 is 1.71 bits per heavy atom. The van der Waals surface area contributed by atoms with Crippen molar-refractivity contribution in [3.63, 3.8) is 0 Å². The Hall–Kier alpha value is -3.78. The van der Waals surface area contributed by atoms with Crippen LogP contribution in [0, 0.1) is 6.92 Å². The Labute approximate surface area is 200 Å². The summed E-state index contributed by atoms with van der Waals surface area (Å²) < 4.78 is 0. The van der Waals surface area contributed by atoms with Crippen LogP contribution in [0.5, 0.6) is 0 Å². The number of pyridine rings is 2. The molecule has 178 valence electrons. The van der Waals surface area contributed by atoms with Gasteiger partial charge in [-0.05, 0) is 75.4 Å². The van der Waals surface area contributed by atoms with Gasteiger partial charge < -0.3 is 20.9 Å². The lowest BCUT2D eigenvalue weighted by atomic mass is 10.1. The van der Waals surface area contributed by atoms with Crippen LogP contribution >= 0.6 is 0 Å². The number of hydrogen-bond donors (Lipinski definition) is 2. The molecular formula is C26H32N6O2. The molecule has 3 rings (SSSR count). The molecule has 2 amide bonds. The molecule has 0 bridgehead atoms. The predicted molar refractivity (Wildman–Crippen MR) is 136 cm³/mol. The maximum Gasteiger partial charge on any atom is 0.255 e. The average Bonchev–Trinajstić information content (AvgIpc) is 2.84. The lowest BCUT2D eigenvalue weighted by molar-refractivity contribution is 0.0997. The van der Waals surface area contributed by atoms with Crippen molar-refractivity contribution in [1.82, 2.24) is 14.9 Å². The lowest BCUT2D eigenvalue weighted by Crippen LogP contribution is -2.28. The molecule has 0 saturated heterocycles. The van der Waals surface area contributed by atoms with Crippen LogP contribution in [-0.2, 0) is 0 Å². The summed E-state index contributed by atoms with van der Waals surface area (Å²) in [4.78, 5) is 37.7. The quantitative estimate of drug-likeness (QED) is 0.448. The third-order valence-electron chi connectivity index (χ3n) is 5.63. The van der Waals surface area contributed by atoms with E-state index in [1.54, 1.807) is 36.7 Å². The summed E-state index contributed by atoms with van der Waals surface area (Å²) in [5, 5.41) is 2.92. The van der Waals surface area contributed by atoms with Gasteiger partial charge in [0, 0.05) is 47.1 Å². The highest BCUT2D eigenvalue weighted by Crippen LogP contribution is 2.26. The second-order valence-electron chi connectivity index (χ2n) is 7.99. The average molecular weight is 461 g/mol. The Morgan fingerprint density at radius 1 is 0.941 bits per heavy atom. The maximum absolute atomic E-state index is 12.9. The molecule has 8 nitrogen and oxygen atoms in total. The molecule has 0 aliphatic heterocycles. The van der Waals surface area contributed by atoms with E-state index in [4.69, 9.17) is 5.73 Å². The largest absolute Gasteiger partial charge is 0.366 e. The van der Waals surface area contributed by atoms with Gasteiger partial charge in [0.15, 0.2) is 0 Å². The van der Waals surface area contributed by atoms with E-state index in [1.165, 1.54) is 0 Å². The van der Waals surface area contributed by atoms with Crippen molar-refractivity contribution >= 4 is 29.0 Å². The Balaban J connectivity index is 1.88. The third kappa shape index (κ3) is 6.62. The number of aryl methyl sites for hydroxylation is 1. The maximum atomic E-state index is 12.9. The van der Waals surface area contributed by atoms with Gasteiger partial charge in [0.1, 0.15) is 5.82 Å². The molecule has 0 aliphatic rings. The Kier molecular flexibility index (Phi) is 8.70. The van der Waals surface area contributed by atoms with Crippen LogP contribution in [0.1, 0.15) is 46.7 Å². The summed E-state index contributed by atoms with van der Waals surface area (Å²) in [7, 11) is 0. The van der Waals surface area contributed by atoms with Gasteiger partial charge in [-0.3, -0.25) is 14.6 Å². The summed E-state index contributed by atoms with van der Waals surface area (Å²) >= 11 is 0. The van der Waals surface area contributed by atoms with Gasteiger partial charge in [-0.1, -0.05) is 19.9 Å². The second-order valence-corrected chi connectivity index (χ2v) is 7.99. The predicted octanol–water partition coefficient (Wildman–Crippen LogP) is 4.01. The molecule has 34 heavy (non-hydrogen) atoms. The van der Waals surface area contributed by atoms with Crippen LogP contribution < -0.4 is 16.0 Å². The summed E-state index contributed by atoms with van der Waals surface area (Å²) in [6.45, 7) is 9.73. The van der Waals surface area contributed by atoms with Gasteiger partial charge in [-0.25, -0.2) is 4.98 Å². The van der Waals surface area contributed by atoms with Crippen LogP contribution in [-0.4, -0.2) is 52.9 Å². The first-order valence-corrected chi connectivity index (χ1v) is 11.5. The van der Waals surface area contributed by atoms with Gasteiger partial charge in [-0.2, -0.15) is 0 Å². The first kappa shape index (κ1) is 24.9. The summed E-state index contributed by atoms with van der Waals surface area (Å²) in [5.41, 5.74) is 8.73. The molecule has 0 unspecified atom stereocenters. The Bertz CT molecular complexity index is 1130. The molecule has 0 radical (unpaired) electrons. The van der Waals surface area contributed by atoms with Gasteiger partial charge >= 0.3 is 0 Å². The fourth-order valence-corrected chi connectivity index (χ4v) is 3.73. The van der Waals surface area contributed by atoms with Crippen LogP contribution in [0.4, 0.5) is 17.2 Å². The second kappa shape index (κ2) is 11.9. The standard InChI is InChI=1S/C26H32N6O2/c1-4-31(5-2)14-7-15-32(24-18-20(25(27)33)10-12-29-24)23-9-6-8-21(17-23)26(34)30-22-11-13-28-19(3)16-22/h6,8-13,16-18H,4-5,7,14-15H2,1-3H3,(H2,27,33)(H,28,30,34). The number of benzene rings is 1. The van der Waals surface area contributed by atoms with E-state index in [0.717, 1.165) is 37.4 Å². The van der Waals surface area contributed by atoms with Crippen molar-refractivity contribution in [3.8, 4) is 0 Å². The summed E-state index contributed by atoms with van der Waals surface area (Å²) in [6, 6.07) is 14.2. The minimum atomic E-state index is -0.507. The van der Waals surface area contributed by atoms with E-state index in [1.807, 2.05) is 36.1 Å². The van der Waals surface area contributed by atoms with Crippen LogP contribution in [0.15, 0.2) is 60.9 Å². The number of nitrogens with two attached hydrogens (primary N) is 1. The van der Waals surface area contributed by atoms with Crippen LogP contribution in [0.25, 0.3) is 0 Å². The first-order chi connectivity index (χ1) is 16.4. The zero-order chi connectivity index (χ0) is 24.5. The van der Waals surface area contributed by atoms with Gasteiger partial charge in [0.25, 0.3) is 5.91 Å². The number of aromatic nitrogens is 2. The monoisotopic (exact) mass is 460 g/mol. The topological polar surface area (TPSA) is 104 Å². The molecule has 3 aromatic rings. The number of rotatable bonds is 11. The highest BCUT2D eigenvalue weighted by atomic mass is 16.2. The molecule has 0 spiro atoms. The number of primary amides is 1. The van der Waals surface area contributed by atoms with Crippen molar-refractivity contribution in [3.05, 3.63) is 77.7 Å². The van der Waals surface area contributed by atoms with E-state index in [2.05, 4.69) is 34.0 Å². The zero-order valence-electron chi connectivity index (χ0n) is 20.0. The van der Waals surface area contributed by atoms with Gasteiger partial charge in [0.2, 0.25) is 5.91 Å². The third-order valence-corrected chi connectivity index (χ3v) is 5.63. The van der Waals surface area contributed by atoms with Crippen molar-refractivity contribution in [2.24, 2.45) is 5.73 Å². The fourth-order valence-electron chi connectivity index (χ4n) is 3.73. The number of amides is 2. The molecule has 0 fully saturated rings. The molecule has 8 heteroatoms. The number of hydrogen-bond acceptors (Lipinski definition) is 6. The zero-order valence-corrected chi connectivity index (χ0v) is 20.0. The van der Waals surface area contributed by atoms with E-state index >= 15 is 0 Å². The number of nitrogens with zero attached hydrogens (tertiary/aromatic N) is 4. The van der Waals surface area contributed by atoms with E-state index in [-0.39, 0.29) is 5.91 Å². The number of carbonyl (C=O) groups is 2. The number of carbonyl (C=O) groups excluding carboxylic acids is 2. The van der Waals surface area contributed by atoms with E-state index < -0.39 is 5.91 Å². The van der Waals surface area contributed by atoms with E-state index in [9.17, 15) is 9.59 Å². The van der Waals surface area contributed by atoms with Crippen molar-refractivity contribution in [2.45, 2.75) is 27.2 Å². The molecule has 0 saturated carbocycles. The molecule has 0 atom stereocenters. The molecule has 2 aromatic heterocycles. The van der Waals surface area contributed by atoms with Crippen molar-refractivity contribution < 1.29 is 9.59 Å². The smallest absolute Gasteiger partial charge is 0.255 e. The summed E-state index contributed by atoms with van der Waals surface area (Å²) in [5.74, 6) is -0.111. The van der Waals surface area contributed by atoms with Gasteiger partial charge in [0.05, 0.1) is 0 Å². The SMILES string of the molecule is CCN(CC)CCCN(c1cccc(C(=O)Nc2ccnc(C)c2)c1)c1cc(C(N)=O)ccn1. The van der Waals surface area contributed by atoms with Crippen molar-refractivity contribution in [1.29, 1.82) is 0 Å². The normalized spacial score (nSPS) is 10.8. The molecule has 1 aromatic carbocycles. The highest BCUT2D eigenvalue weighted by molar-refractivity contribution is 6.05. The lowest BCUT2D eigenvalue weighted by Gasteiger charge is -2.26. The Morgan fingerprint density at radius 3 is 2.41 bits per heavy atom. The molecule has 3 N–H and O–H groups in total. The van der Waals surface area contributed by atoms with E-state index in [0.29, 0.717) is 29.2 Å². The molecular weight excluding hydrogens is 428 g/mol. The first-order valence-electron chi connectivity index (χ1n) is 11.5. The minimum Gasteiger partial charge on any atom is -0.366 e.